The Morgan fingerprint density at radius 1 is 1.09 bits per heavy atom. The maximum absolute atomic E-state index is 12.3. The van der Waals surface area contributed by atoms with E-state index >= 15 is 0 Å². The zero-order valence-electron chi connectivity index (χ0n) is 13.7. The molecule has 0 spiro atoms. The van der Waals surface area contributed by atoms with Gasteiger partial charge in [-0.25, -0.2) is 0 Å². The molecular weight excluding hydrogens is 316 g/mol. The third kappa shape index (κ3) is 5.82. The van der Waals surface area contributed by atoms with Crippen molar-refractivity contribution in [2.24, 2.45) is 0 Å². The molecule has 7 heteroatoms. The fourth-order valence-corrected chi connectivity index (χ4v) is 2.43. The number of para-hydroxylation sites is 1. The topological polar surface area (TPSA) is 55.9 Å². The first-order valence-corrected chi connectivity index (χ1v) is 7.56. The van der Waals surface area contributed by atoms with Crippen molar-refractivity contribution in [1.29, 1.82) is 0 Å². The molecule has 1 aromatic carbocycles. The lowest BCUT2D eigenvalue weighted by Gasteiger charge is -2.29. The molecule has 128 valence electrons. The Labute approximate surface area is 143 Å². The van der Waals surface area contributed by atoms with E-state index in [9.17, 15) is 9.59 Å². The number of amides is 2. The van der Waals surface area contributed by atoms with Gasteiger partial charge in [-0.3, -0.25) is 14.5 Å². The molecule has 0 aliphatic carbocycles. The van der Waals surface area contributed by atoms with Crippen LogP contribution in [0.15, 0.2) is 30.3 Å². The second kappa shape index (κ2) is 9.50. The highest BCUT2D eigenvalue weighted by molar-refractivity contribution is 5.94. The SMILES string of the molecule is CN(CC(=O)N1CCNCC1)CC(=O)N(C)c1ccccc1.Cl. The Morgan fingerprint density at radius 3 is 2.30 bits per heavy atom. The molecule has 1 aliphatic rings. The summed E-state index contributed by atoms with van der Waals surface area (Å²) in [6.07, 6.45) is 0. The molecule has 1 heterocycles. The number of carbonyl (C=O) groups is 2. The van der Waals surface area contributed by atoms with Crippen LogP contribution in [-0.4, -0.2) is 75.0 Å². The van der Waals surface area contributed by atoms with Crippen molar-refractivity contribution in [3.8, 4) is 0 Å². The monoisotopic (exact) mass is 340 g/mol. The molecule has 1 fully saturated rings. The van der Waals surface area contributed by atoms with Crippen molar-refractivity contribution in [3.63, 3.8) is 0 Å². The molecule has 2 amide bonds. The molecular formula is C16H25ClN4O2. The van der Waals surface area contributed by atoms with Crippen LogP contribution in [0.25, 0.3) is 0 Å². The highest BCUT2D eigenvalue weighted by atomic mass is 35.5. The lowest BCUT2D eigenvalue weighted by molar-refractivity contribution is -0.133. The van der Waals surface area contributed by atoms with E-state index in [-0.39, 0.29) is 37.3 Å². The predicted octanol–water partition coefficient (Wildman–Crippen LogP) is 0.435. The molecule has 6 nitrogen and oxygen atoms in total. The van der Waals surface area contributed by atoms with E-state index in [1.54, 1.807) is 23.9 Å². The first-order chi connectivity index (χ1) is 10.6. The van der Waals surface area contributed by atoms with E-state index in [4.69, 9.17) is 0 Å². The molecule has 0 atom stereocenters. The summed E-state index contributed by atoms with van der Waals surface area (Å²) in [6.45, 7) is 3.66. The Bertz CT molecular complexity index is 506. The van der Waals surface area contributed by atoms with Gasteiger partial charge < -0.3 is 15.1 Å². The van der Waals surface area contributed by atoms with Gasteiger partial charge in [0.05, 0.1) is 13.1 Å². The van der Waals surface area contributed by atoms with Gasteiger partial charge in [-0.15, -0.1) is 12.4 Å². The summed E-state index contributed by atoms with van der Waals surface area (Å²) in [7, 11) is 3.56. The smallest absolute Gasteiger partial charge is 0.240 e. The molecule has 0 radical (unpaired) electrons. The highest BCUT2D eigenvalue weighted by Crippen LogP contribution is 2.11. The first kappa shape index (κ1) is 19.4. The number of hydrogen-bond donors (Lipinski definition) is 1. The molecule has 1 aromatic rings. The lowest BCUT2D eigenvalue weighted by Crippen LogP contribution is -2.50. The van der Waals surface area contributed by atoms with Crippen molar-refractivity contribution >= 4 is 29.9 Å². The van der Waals surface area contributed by atoms with Crippen LogP contribution in [0.5, 0.6) is 0 Å². The fraction of sp³-hybridized carbons (Fsp3) is 0.500. The summed E-state index contributed by atoms with van der Waals surface area (Å²) in [4.78, 5) is 29.7. The van der Waals surface area contributed by atoms with Gasteiger partial charge in [0.2, 0.25) is 11.8 Å². The molecule has 23 heavy (non-hydrogen) atoms. The van der Waals surface area contributed by atoms with Gasteiger partial charge >= 0.3 is 0 Å². The van der Waals surface area contributed by atoms with Crippen molar-refractivity contribution in [2.45, 2.75) is 0 Å². The minimum absolute atomic E-state index is 0. The van der Waals surface area contributed by atoms with Crippen LogP contribution in [0, 0.1) is 0 Å². The second-order valence-electron chi connectivity index (χ2n) is 5.59. The Hall–Kier alpha value is -1.63. The number of benzene rings is 1. The molecule has 0 aromatic heterocycles. The fourth-order valence-electron chi connectivity index (χ4n) is 2.43. The average molecular weight is 341 g/mol. The number of nitrogens with zero attached hydrogens (tertiary/aromatic N) is 3. The number of carbonyl (C=O) groups excluding carboxylic acids is 2. The van der Waals surface area contributed by atoms with E-state index in [0.717, 1.165) is 31.9 Å². The maximum atomic E-state index is 12.3. The van der Waals surface area contributed by atoms with E-state index in [2.05, 4.69) is 5.32 Å². The summed E-state index contributed by atoms with van der Waals surface area (Å²) in [5.41, 5.74) is 0.856. The van der Waals surface area contributed by atoms with Crippen LogP contribution in [0.1, 0.15) is 0 Å². The van der Waals surface area contributed by atoms with Gasteiger partial charge in [0, 0.05) is 38.9 Å². The molecule has 1 aliphatic heterocycles. The number of piperazine rings is 1. The first-order valence-electron chi connectivity index (χ1n) is 7.56. The zero-order valence-corrected chi connectivity index (χ0v) is 14.5. The van der Waals surface area contributed by atoms with Crippen molar-refractivity contribution in [1.82, 2.24) is 15.1 Å². The Morgan fingerprint density at radius 2 is 1.70 bits per heavy atom. The van der Waals surface area contributed by atoms with E-state index in [1.165, 1.54) is 0 Å². The molecule has 1 N–H and O–H groups in total. The van der Waals surface area contributed by atoms with Crippen molar-refractivity contribution in [3.05, 3.63) is 30.3 Å². The highest BCUT2D eigenvalue weighted by Gasteiger charge is 2.20. The summed E-state index contributed by atoms with van der Waals surface area (Å²) >= 11 is 0. The Balaban J connectivity index is 0.00000264. The third-order valence-electron chi connectivity index (χ3n) is 3.80. The number of likely N-dealkylation sites (N-methyl/N-ethyl adjacent to an activating group) is 2. The maximum Gasteiger partial charge on any atom is 0.240 e. The summed E-state index contributed by atoms with van der Waals surface area (Å²) in [5.74, 6) is 0.0565. The van der Waals surface area contributed by atoms with E-state index < -0.39 is 0 Å². The summed E-state index contributed by atoms with van der Waals surface area (Å²) in [5, 5.41) is 3.22. The van der Waals surface area contributed by atoms with Crippen molar-refractivity contribution < 1.29 is 9.59 Å². The standard InChI is InChI=1S/C16H24N4O2.ClH/c1-18(13-16(22)20-10-8-17-9-11-20)12-15(21)19(2)14-6-4-3-5-7-14;/h3-7,17H,8-13H2,1-2H3;1H. The van der Waals surface area contributed by atoms with E-state index in [0.29, 0.717) is 0 Å². The van der Waals surface area contributed by atoms with Crippen LogP contribution < -0.4 is 10.2 Å². The molecule has 0 unspecified atom stereocenters. The summed E-state index contributed by atoms with van der Waals surface area (Å²) < 4.78 is 0. The number of nitrogens with one attached hydrogen (secondary N) is 1. The lowest BCUT2D eigenvalue weighted by atomic mass is 10.3. The molecule has 0 bridgehead atoms. The van der Waals surface area contributed by atoms with Crippen LogP contribution in [-0.2, 0) is 9.59 Å². The predicted molar refractivity (Wildman–Crippen MR) is 94.0 cm³/mol. The third-order valence-corrected chi connectivity index (χ3v) is 3.80. The zero-order chi connectivity index (χ0) is 15.9. The van der Waals surface area contributed by atoms with Crippen molar-refractivity contribution in [2.75, 3.05) is 58.3 Å². The minimum atomic E-state index is -0.0261. The number of hydrogen-bond acceptors (Lipinski definition) is 4. The van der Waals surface area contributed by atoms with Crippen LogP contribution in [0.3, 0.4) is 0 Å². The van der Waals surface area contributed by atoms with Gasteiger partial charge in [-0.1, -0.05) is 18.2 Å². The molecule has 2 rings (SSSR count). The van der Waals surface area contributed by atoms with Gasteiger partial charge in [0.25, 0.3) is 0 Å². The van der Waals surface area contributed by atoms with Crippen LogP contribution >= 0.6 is 12.4 Å². The van der Waals surface area contributed by atoms with Crippen LogP contribution in [0.2, 0.25) is 0 Å². The molecule has 0 saturated carbocycles. The van der Waals surface area contributed by atoms with Gasteiger partial charge in [0.15, 0.2) is 0 Å². The van der Waals surface area contributed by atoms with Gasteiger partial charge in [-0.2, -0.15) is 0 Å². The number of rotatable bonds is 5. The van der Waals surface area contributed by atoms with E-state index in [1.807, 2.05) is 35.2 Å². The van der Waals surface area contributed by atoms with Gasteiger partial charge in [-0.05, 0) is 19.2 Å². The van der Waals surface area contributed by atoms with Crippen LogP contribution in [0.4, 0.5) is 5.69 Å². The number of halogens is 1. The normalized spacial score (nSPS) is 14.3. The minimum Gasteiger partial charge on any atom is -0.339 e. The summed E-state index contributed by atoms with van der Waals surface area (Å²) in [6, 6.07) is 9.50. The average Bonchev–Trinajstić information content (AvgIpc) is 2.55. The largest absolute Gasteiger partial charge is 0.339 e. The Kier molecular flexibility index (Phi) is 8.02. The molecule has 1 saturated heterocycles. The quantitative estimate of drug-likeness (QED) is 0.845. The number of anilines is 1. The second-order valence-corrected chi connectivity index (χ2v) is 5.59. The van der Waals surface area contributed by atoms with Gasteiger partial charge in [0.1, 0.15) is 0 Å².